The third kappa shape index (κ3) is 6.66. The normalized spacial score (nSPS) is 21.4. The topological polar surface area (TPSA) is 150 Å². The molecule has 0 aromatic heterocycles. The minimum Gasteiger partial charge on any atom is -0.445 e. The van der Waals surface area contributed by atoms with Gasteiger partial charge in [-0.05, 0) is 44.1 Å². The molecule has 188 valence electrons. The average Bonchev–Trinajstić information content (AvgIpc) is 3.16. The highest BCUT2D eigenvalue weighted by Crippen LogP contribution is 2.45. The first-order valence-corrected chi connectivity index (χ1v) is 13.3. The molecule has 2 heterocycles. The van der Waals surface area contributed by atoms with E-state index in [4.69, 9.17) is 10.5 Å². The molecule has 3 unspecified atom stereocenters. The van der Waals surface area contributed by atoms with Crippen LogP contribution >= 0.6 is 7.60 Å². The second kappa shape index (κ2) is 11.4. The van der Waals surface area contributed by atoms with Gasteiger partial charge in [0.05, 0.1) is 5.92 Å². The van der Waals surface area contributed by atoms with Crippen LogP contribution in [-0.4, -0.2) is 75.3 Å². The van der Waals surface area contributed by atoms with Crippen LogP contribution in [0.4, 0.5) is 4.79 Å². The van der Waals surface area contributed by atoms with Gasteiger partial charge in [-0.3, -0.25) is 14.2 Å². The number of amides is 2. The standard InChI is InChI=1S/C23H34N3O7P/c1-16(27)21(34(30,31)32)20(24)19-10-14-25(22(19)28)11-7-17-8-12-26(13-9-17)23(29)33-15-18-5-3-2-4-6-18/h2-6,17,19-21H,7-15,24H2,1H3,(H2,30,31,32). The van der Waals surface area contributed by atoms with Crippen molar-refractivity contribution in [2.24, 2.45) is 17.6 Å². The number of hydrogen-bond donors (Lipinski definition) is 3. The zero-order chi connectivity index (χ0) is 24.9. The molecule has 0 bridgehead atoms. The molecule has 2 fully saturated rings. The zero-order valence-corrected chi connectivity index (χ0v) is 20.3. The third-order valence-corrected chi connectivity index (χ3v) is 8.26. The van der Waals surface area contributed by atoms with Gasteiger partial charge in [0.15, 0.2) is 0 Å². The van der Waals surface area contributed by atoms with Crippen LogP contribution in [0.15, 0.2) is 30.3 Å². The Bertz CT molecular complexity index is 914. The minimum absolute atomic E-state index is 0.243. The summed E-state index contributed by atoms with van der Waals surface area (Å²) in [6.45, 7) is 3.50. The Morgan fingerprint density at radius 3 is 2.38 bits per heavy atom. The number of nitrogens with zero attached hydrogens (tertiary/aromatic N) is 2. The van der Waals surface area contributed by atoms with Crippen molar-refractivity contribution in [2.75, 3.05) is 26.2 Å². The maximum Gasteiger partial charge on any atom is 0.410 e. The molecule has 0 saturated carbocycles. The number of Topliss-reactive ketones (excluding diaryl/α,β-unsaturated/α-hetero) is 1. The van der Waals surface area contributed by atoms with Crippen molar-refractivity contribution in [3.63, 3.8) is 0 Å². The van der Waals surface area contributed by atoms with Crippen LogP contribution < -0.4 is 5.73 Å². The van der Waals surface area contributed by atoms with Crippen LogP contribution in [0.5, 0.6) is 0 Å². The Labute approximate surface area is 199 Å². The minimum atomic E-state index is -4.75. The Morgan fingerprint density at radius 2 is 1.79 bits per heavy atom. The number of piperidine rings is 1. The van der Waals surface area contributed by atoms with E-state index in [9.17, 15) is 28.7 Å². The van der Waals surface area contributed by atoms with Crippen molar-refractivity contribution in [1.29, 1.82) is 0 Å². The highest BCUT2D eigenvalue weighted by atomic mass is 31.2. The van der Waals surface area contributed by atoms with Crippen molar-refractivity contribution < 1.29 is 33.5 Å². The molecule has 1 aromatic carbocycles. The molecule has 1 aromatic rings. The van der Waals surface area contributed by atoms with Gasteiger partial charge in [0.1, 0.15) is 18.0 Å². The number of carbonyl (C=O) groups excluding carboxylic acids is 3. The molecule has 2 saturated heterocycles. The van der Waals surface area contributed by atoms with Crippen molar-refractivity contribution in [3.05, 3.63) is 35.9 Å². The summed E-state index contributed by atoms with van der Waals surface area (Å²) in [5.74, 6) is -1.38. The first kappa shape index (κ1) is 26.3. The number of rotatable bonds is 9. The Morgan fingerprint density at radius 1 is 1.15 bits per heavy atom. The summed E-state index contributed by atoms with van der Waals surface area (Å²) in [7, 11) is -4.75. The van der Waals surface area contributed by atoms with E-state index >= 15 is 0 Å². The summed E-state index contributed by atoms with van der Waals surface area (Å²) in [4.78, 5) is 59.3. The molecule has 0 spiro atoms. The first-order valence-electron chi connectivity index (χ1n) is 11.6. The van der Waals surface area contributed by atoms with Gasteiger partial charge < -0.3 is 30.1 Å². The summed E-state index contributed by atoms with van der Waals surface area (Å²) in [5, 5.41) is 0. The van der Waals surface area contributed by atoms with Crippen LogP contribution in [0.2, 0.25) is 0 Å². The van der Waals surface area contributed by atoms with Crippen LogP contribution in [0, 0.1) is 11.8 Å². The molecule has 10 nitrogen and oxygen atoms in total. The number of hydrogen-bond acceptors (Lipinski definition) is 6. The number of benzene rings is 1. The number of ketones is 1. The van der Waals surface area contributed by atoms with E-state index < -0.39 is 31.0 Å². The summed E-state index contributed by atoms with van der Waals surface area (Å²) < 4.78 is 17.1. The Kier molecular flexibility index (Phi) is 8.87. The van der Waals surface area contributed by atoms with E-state index in [-0.39, 0.29) is 18.6 Å². The van der Waals surface area contributed by atoms with Gasteiger partial charge in [-0.15, -0.1) is 0 Å². The maximum absolute atomic E-state index is 12.8. The highest BCUT2D eigenvalue weighted by molar-refractivity contribution is 7.53. The predicted octanol–water partition coefficient (Wildman–Crippen LogP) is 1.74. The van der Waals surface area contributed by atoms with E-state index in [1.807, 2.05) is 30.3 Å². The summed E-state index contributed by atoms with van der Waals surface area (Å²) in [5.41, 5.74) is 5.28. The number of likely N-dealkylation sites (tertiary alicyclic amines) is 2. The lowest BCUT2D eigenvalue weighted by atomic mass is 9.93. The van der Waals surface area contributed by atoms with Gasteiger partial charge in [-0.1, -0.05) is 30.3 Å². The summed E-state index contributed by atoms with van der Waals surface area (Å²) in [6, 6.07) is 8.31. The molecule has 2 aliphatic rings. The molecular formula is C23H34N3O7P. The summed E-state index contributed by atoms with van der Waals surface area (Å²) >= 11 is 0. The molecule has 34 heavy (non-hydrogen) atoms. The Hall–Kier alpha value is -2.26. The number of carbonyl (C=O) groups is 3. The molecule has 3 atom stereocenters. The van der Waals surface area contributed by atoms with E-state index in [2.05, 4.69) is 0 Å². The maximum atomic E-state index is 12.8. The van der Waals surface area contributed by atoms with E-state index in [0.29, 0.717) is 38.5 Å². The third-order valence-electron chi connectivity index (χ3n) is 6.83. The van der Waals surface area contributed by atoms with Gasteiger partial charge in [0.2, 0.25) is 5.91 Å². The molecule has 0 aliphatic carbocycles. The van der Waals surface area contributed by atoms with E-state index in [0.717, 1.165) is 31.7 Å². The lowest BCUT2D eigenvalue weighted by molar-refractivity contribution is -0.131. The predicted molar refractivity (Wildman–Crippen MR) is 125 cm³/mol. The fraction of sp³-hybridized carbons (Fsp3) is 0.609. The highest BCUT2D eigenvalue weighted by Gasteiger charge is 2.46. The van der Waals surface area contributed by atoms with Crippen molar-refractivity contribution in [1.82, 2.24) is 9.80 Å². The zero-order valence-electron chi connectivity index (χ0n) is 19.4. The van der Waals surface area contributed by atoms with Crippen LogP contribution in [0.1, 0.15) is 38.2 Å². The average molecular weight is 496 g/mol. The molecule has 4 N–H and O–H groups in total. The molecule has 11 heteroatoms. The fourth-order valence-electron chi connectivity index (χ4n) is 4.85. The number of ether oxygens (including phenoxy) is 1. The van der Waals surface area contributed by atoms with Gasteiger partial charge in [0, 0.05) is 32.2 Å². The van der Waals surface area contributed by atoms with E-state index in [1.165, 1.54) is 0 Å². The fourth-order valence-corrected chi connectivity index (χ4v) is 5.98. The largest absolute Gasteiger partial charge is 0.445 e. The lowest BCUT2D eigenvalue weighted by Crippen LogP contribution is -2.47. The first-order chi connectivity index (χ1) is 16.1. The van der Waals surface area contributed by atoms with E-state index in [1.54, 1.807) is 9.80 Å². The van der Waals surface area contributed by atoms with Crippen LogP contribution in [0.25, 0.3) is 0 Å². The molecule has 0 radical (unpaired) electrons. The van der Waals surface area contributed by atoms with Gasteiger partial charge in [-0.2, -0.15) is 0 Å². The molecule has 2 aliphatic heterocycles. The summed E-state index contributed by atoms with van der Waals surface area (Å²) in [6.07, 6.45) is 2.45. The molecule has 2 amide bonds. The Balaban J connectivity index is 1.42. The van der Waals surface area contributed by atoms with Crippen LogP contribution in [0.3, 0.4) is 0 Å². The van der Waals surface area contributed by atoms with Crippen molar-refractivity contribution in [2.45, 2.75) is 50.9 Å². The number of nitrogens with two attached hydrogens (primary N) is 1. The smallest absolute Gasteiger partial charge is 0.410 e. The van der Waals surface area contributed by atoms with Crippen LogP contribution in [-0.2, 0) is 25.5 Å². The second-order valence-electron chi connectivity index (χ2n) is 9.20. The lowest BCUT2D eigenvalue weighted by Gasteiger charge is -2.32. The molecular weight excluding hydrogens is 461 g/mol. The van der Waals surface area contributed by atoms with Gasteiger partial charge >= 0.3 is 13.7 Å². The van der Waals surface area contributed by atoms with Gasteiger partial charge in [-0.25, -0.2) is 4.79 Å². The quantitative estimate of drug-likeness (QED) is 0.438. The van der Waals surface area contributed by atoms with Gasteiger partial charge in [0.25, 0.3) is 0 Å². The SMILES string of the molecule is CC(=O)C(C(N)C1CCN(CCC2CCN(C(=O)OCc3ccccc3)CC2)C1=O)P(=O)(O)O. The monoisotopic (exact) mass is 495 g/mol. The second-order valence-corrected chi connectivity index (χ2v) is 10.9. The van der Waals surface area contributed by atoms with Crippen molar-refractivity contribution >= 4 is 25.4 Å². The molecule has 3 rings (SSSR count). The van der Waals surface area contributed by atoms with Crippen molar-refractivity contribution in [3.8, 4) is 0 Å².